The Balaban J connectivity index is 1.97. The van der Waals surface area contributed by atoms with Crippen molar-refractivity contribution in [3.05, 3.63) is 74.0 Å². The third-order valence-electron chi connectivity index (χ3n) is 3.14. The number of hydrogen-bond acceptors (Lipinski definition) is 3. The van der Waals surface area contributed by atoms with Crippen molar-refractivity contribution in [2.24, 2.45) is 0 Å². The van der Waals surface area contributed by atoms with E-state index in [-0.39, 0.29) is 5.63 Å². The second kappa shape index (κ2) is 5.92. The van der Waals surface area contributed by atoms with E-state index in [1.807, 2.05) is 36.4 Å². The first kappa shape index (κ1) is 14.2. The van der Waals surface area contributed by atoms with Gasteiger partial charge in [0.05, 0.1) is 10.7 Å². The minimum absolute atomic E-state index is 0.364. The maximum atomic E-state index is 11.7. The van der Waals surface area contributed by atoms with Crippen molar-refractivity contribution >= 4 is 44.2 Å². The molecule has 106 valence electrons. The van der Waals surface area contributed by atoms with Gasteiger partial charge in [-0.2, -0.15) is 0 Å². The monoisotopic (exact) mass is 363 g/mol. The smallest absolute Gasteiger partial charge is 0.336 e. The molecular formula is C16H11BrClNO2. The van der Waals surface area contributed by atoms with Crippen molar-refractivity contribution in [2.75, 3.05) is 5.32 Å². The van der Waals surface area contributed by atoms with Gasteiger partial charge in [0.25, 0.3) is 0 Å². The van der Waals surface area contributed by atoms with Crippen molar-refractivity contribution in [3.63, 3.8) is 0 Å². The highest BCUT2D eigenvalue weighted by Crippen LogP contribution is 2.24. The van der Waals surface area contributed by atoms with Gasteiger partial charge < -0.3 is 9.73 Å². The number of hydrogen-bond donors (Lipinski definition) is 1. The van der Waals surface area contributed by atoms with E-state index in [9.17, 15) is 4.79 Å². The van der Waals surface area contributed by atoms with Crippen molar-refractivity contribution in [1.82, 2.24) is 0 Å². The maximum Gasteiger partial charge on any atom is 0.336 e. The third-order valence-corrected chi connectivity index (χ3v) is 3.96. The minimum atomic E-state index is -0.364. The molecule has 0 fully saturated rings. The lowest BCUT2D eigenvalue weighted by molar-refractivity contribution is 0.559. The zero-order valence-electron chi connectivity index (χ0n) is 10.9. The SMILES string of the molecule is O=c1cc(CNc2ccccc2Cl)c2ccc(Br)cc2o1. The summed E-state index contributed by atoms with van der Waals surface area (Å²) in [6, 6.07) is 14.6. The first-order chi connectivity index (χ1) is 10.1. The highest BCUT2D eigenvalue weighted by molar-refractivity contribution is 9.10. The highest BCUT2D eigenvalue weighted by atomic mass is 79.9. The molecule has 0 amide bonds. The molecule has 0 aliphatic rings. The molecule has 0 saturated heterocycles. The van der Waals surface area contributed by atoms with Crippen LogP contribution in [0, 0.1) is 0 Å². The Bertz CT molecular complexity index is 860. The first-order valence-corrected chi connectivity index (χ1v) is 7.51. The van der Waals surface area contributed by atoms with Crippen LogP contribution in [0.5, 0.6) is 0 Å². The zero-order chi connectivity index (χ0) is 14.8. The Kier molecular flexibility index (Phi) is 3.99. The number of rotatable bonds is 3. The zero-order valence-corrected chi connectivity index (χ0v) is 13.2. The fourth-order valence-electron chi connectivity index (χ4n) is 2.15. The van der Waals surface area contributed by atoms with Crippen molar-refractivity contribution in [2.45, 2.75) is 6.54 Å². The van der Waals surface area contributed by atoms with Gasteiger partial charge in [0.1, 0.15) is 5.58 Å². The van der Waals surface area contributed by atoms with Crippen LogP contribution < -0.4 is 10.9 Å². The van der Waals surface area contributed by atoms with E-state index in [0.29, 0.717) is 17.2 Å². The summed E-state index contributed by atoms with van der Waals surface area (Å²) in [5.74, 6) is 0. The predicted molar refractivity (Wildman–Crippen MR) is 89.0 cm³/mol. The van der Waals surface area contributed by atoms with Crippen molar-refractivity contribution < 1.29 is 4.42 Å². The summed E-state index contributed by atoms with van der Waals surface area (Å²) in [5.41, 5.74) is 1.90. The van der Waals surface area contributed by atoms with Gasteiger partial charge in [0.2, 0.25) is 0 Å². The molecule has 3 nitrogen and oxygen atoms in total. The lowest BCUT2D eigenvalue weighted by Crippen LogP contribution is -2.06. The molecule has 0 aliphatic heterocycles. The van der Waals surface area contributed by atoms with E-state index in [4.69, 9.17) is 16.0 Å². The van der Waals surface area contributed by atoms with Crippen LogP contribution in [0.25, 0.3) is 11.0 Å². The first-order valence-electron chi connectivity index (χ1n) is 6.34. The predicted octanol–water partition coefficient (Wildman–Crippen LogP) is 4.82. The fourth-order valence-corrected chi connectivity index (χ4v) is 2.69. The number of nitrogens with one attached hydrogen (secondary N) is 1. The molecule has 5 heteroatoms. The van der Waals surface area contributed by atoms with Gasteiger partial charge in [-0.3, -0.25) is 0 Å². The van der Waals surface area contributed by atoms with Gasteiger partial charge in [-0.05, 0) is 35.9 Å². The maximum absolute atomic E-state index is 11.7. The van der Waals surface area contributed by atoms with Gasteiger partial charge in [0.15, 0.2) is 0 Å². The average molecular weight is 365 g/mol. The van der Waals surface area contributed by atoms with Gasteiger partial charge in [0, 0.05) is 22.5 Å². The molecule has 3 rings (SSSR count). The molecule has 0 aliphatic carbocycles. The number of anilines is 1. The number of para-hydroxylation sites is 1. The van der Waals surface area contributed by atoms with Gasteiger partial charge in [-0.15, -0.1) is 0 Å². The lowest BCUT2D eigenvalue weighted by Gasteiger charge is -2.10. The minimum Gasteiger partial charge on any atom is -0.423 e. The summed E-state index contributed by atoms with van der Waals surface area (Å²) in [6.07, 6.45) is 0. The quantitative estimate of drug-likeness (QED) is 0.677. The van der Waals surface area contributed by atoms with Crippen LogP contribution in [0.4, 0.5) is 5.69 Å². The van der Waals surface area contributed by atoms with E-state index < -0.39 is 0 Å². The summed E-state index contributed by atoms with van der Waals surface area (Å²) < 4.78 is 6.09. The van der Waals surface area contributed by atoms with Crippen LogP contribution in [-0.2, 0) is 6.54 Å². The van der Waals surface area contributed by atoms with Crippen molar-refractivity contribution in [1.29, 1.82) is 0 Å². The molecule has 0 bridgehead atoms. The van der Waals surface area contributed by atoms with Crippen molar-refractivity contribution in [3.8, 4) is 0 Å². The average Bonchev–Trinajstić information content (AvgIpc) is 2.45. The standard InChI is InChI=1S/C16H11BrClNO2/c17-11-5-6-12-10(7-16(20)21-15(12)8-11)9-19-14-4-2-1-3-13(14)18/h1-8,19H,9H2. The summed E-state index contributed by atoms with van der Waals surface area (Å²) in [5, 5.41) is 4.79. The molecule has 1 N–H and O–H groups in total. The Morgan fingerprint density at radius 2 is 1.95 bits per heavy atom. The van der Waals surface area contributed by atoms with E-state index in [1.165, 1.54) is 6.07 Å². The van der Waals surface area contributed by atoms with E-state index in [2.05, 4.69) is 21.2 Å². The van der Waals surface area contributed by atoms with Gasteiger partial charge in [-0.25, -0.2) is 4.79 Å². The summed E-state index contributed by atoms with van der Waals surface area (Å²) >= 11 is 9.48. The molecule has 1 heterocycles. The summed E-state index contributed by atoms with van der Waals surface area (Å²) in [4.78, 5) is 11.7. The fraction of sp³-hybridized carbons (Fsp3) is 0.0625. The molecule has 1 aromatic heterocycles. The molecule has 3 aromatic rings. The van der Waals surface area contributed by atoms with E-state index in [0.717, 1.165) is 21.1 Å². The summed E-state index contributed by atoms with van der Waals surface area (Å²) in [6.45, 7) is 0.494. The van der Waals surface area contributed by atoms with Gasteiger partial charge >= 0.3 is 5.63 Å². The number of benzene rings is 2. The molecule has 0 spiro atoms. The molecule has 21 heavy (non-hydrogen) atoms. The topological polar surface area (TPSA) is 42.2 Å². The Labute approximate surface area is 134 Å². The molecular weight excluding hydrogens is 354 g/mol. The van der Waals surface area contributed by atoms with Gasteiger partial charge in [-0.1, -0.05) is 39.7 Å². The van der Waals surface area contributed by atoms with Crippen LogP contribution in [0.3, 0.4) is 0 Å². The second-order valence-electron chi connectivity index (χ2n) is 4.56. The largest absolute Gasteiger partial charge is 0.423 e. The molecule has 0 atom stereocenters. The van der Waals surface area contributed by atoms with Crippen LogP contribution in [0.1, 0.15) is 5.56 Å². The highest BCUT2D eigenvalue weighted by Gasteiger charge is 2.07. The van der Waals surface area contributed by atoms with Crippen LogP contribution in [-0.4, -0.2) is 0 Å². The Hall–Kier alpha value is -1.78. The van der Waals surface area contributed by atoms with Crippen LogP contribution in [0.2, 0.25) is 5.02 Å². The second-order valence-corrected chi connectivity index (χ2v) is 5.89. The van der Waals surface area contributed by atoms with Crippen LogP contribution >= 0.6 is 27.5 Å². The third kappa shape index (κ3) is 3.12. The molecule has 0 saturated carbocycles. The number of halogens is 2. The Morgan fingerprint density at radius 3 is 2.76 bits per heavy atom. The Morgan fingerprint density at radius 1 is 1.14 bits per heavy atom. The van der Waals surface area contributed by atoms with E-state index >= 15 is 0 Å². The molecule has 0 radical (unpaired) electrons. The summed E-state index contributed by atoms with van der Waals surface area (Å²) in [7, 11) is 0. The lowest BCUT2D eigenvalue weighted by atomic mass is 10.1. The molecule has 0 unspecified atom stereocenters. The molecule has 2 aromatic carbocycles. The number of fused-ring (bicyclic) bond motifs is 1. The van der Waals surface area contributed by atoms with Crippen LogP contribution in [0.15, 0.2) is 62.2 Å². The van der Waals surface area contributed by atoms with E-state index in [1.54, 1.807) is 6.07 Å². The normalized spacial score (nSPS) is 10.8.